The Kier molecular flexibility index (Phi) is 6.91. The number of sulfone groups is 1. The van der Waals surface area contributed by atoms with Gasteiger partial charge in [-0.1, -0.05) is 41.4 Å². The van der Waals surface area contributed by atoms with Crippen molar-refractivity contribution in [2.45, 2.75) is 11.4 Å². The third-order valence-corrected chi connectivity index (χ3v) is 7.10. The van der Waals surface area contributed by atoms with Gasteiger partial charge in [-0.05, 0) is 60.1 Å². The Bertz CT molecular complexity index is 1480. The molecule has 1 heterocycles. The second kappa shape index (κ2) is 9.72. The summed E-state index contributed by atoms with van der Waals surface area (Å²) < 4.78 is 25.2. The minimum absolute atomic E-state index is 0.0869. The van der Waals surface area contributed by atoms with Crippen LogP contribution in [0.4, 0.5) is 11.4 Å². The lowest BCUT2D eigenvalue weighted by atomic mass is 10.0. The first-order chi connectivity index (χ1) is 16.2. The van der Waals surface area contributed by atoms with Gasteiger partial charge in [-0.25, -0.2) is 8.42 Å². The molecule has 0 fully saturated rings. The maximum absolute atomic E-state index is 12.6. The molecule has 4 rings (SSSR count). The van der Waals surface area contributed by atoms with E-state index in [0.29, 0.717) is 28.4 Å². The second-order valence-corrected chi connectivity index (χ2v) is 10.6. The van der Waals surface area contributed by atoms with Crippen molar-refractivity contribution < 1.29 is 13.2 Å². The lowest BCUT2D eigenvalue weighted by molar-refractivity contribution is 0.112. The molecule has 0 saturated carbocycles. The molecule has 0 radical (unpaired) electrons. The molecule has 9 heteroatoms. The summed E-state index contributed by atoms with van der Waals surface area (Å²) >= 11 is 12.5. The molecule has 0 atom stereocenters. The van der Waals surface area contributed by atoms with Crippen molar-refractivity contribution in [3.8, 4) is 11.1 Å². The van der Waals surface area contributed by atoms with E-state index < -0.39 is 9.84 Å². The summed E-state index contributed by atoms with van der Waals surface area (Å²) in [5.74, 6) is 0. The summed E-state index contributed by atoms with van der Waals surface area (Å²) in [6, 6.07) is 16.5. The van der Waals surface area contributed by atoms with Crippen molar-refractivity contribution in [1.29, 1.82) is 0 Å². The number of nitrogens with one attached hydrogen (secondary N) is 2. The Balaban J connectivity index is 1.89. The lowest BCUT2D eigenvalue weighted by Crippen LogP contribution is -2.06. The van der Waals surface area contributed by atoms with Crippen LogP contribution in [0.1, 0.15) is 15.9 Å². The smallest absolute Gasteiger partial charge is 0.179 e. The van der Waals surface area contributed by atoms with Gasteiger partial charge in [0.05, 0.1) is 26.8 Å². The molecule has 34 heavy (non-hydrogen) atoms. The molecule has 0 aliphatic heterocycles. The quantitative estimate of drug-likeness (QED) is 0.299. The highest BCUT2D eigenvalue weighted by Crippen LogP contribution is 2.36. The highest BCUT2D eigenvalue weighted by Gasteiger charge is 2.19. The molecular weight excluding hydrogens is 493 g/mol. The van der Waals surface area contributed by atoms with Crippen molar-refractivity contribution in [3.63, 3.8) is 0 Å². The molecule has 0 saturated heterocycles. The van der Waals surface area contributed by atoms with Crippen molar-refractivity contribution >= 4 is 61.6 Å². The maximum atomic E-state index is 12.6. The number of benzene rings is 3. The van der Waals surface area contributed by atoms with E-state index >= 15 is 0 Å². The van der Waals surface area contributed by atoms with Gasteiger partial charge in [-0.2, -0.15) is 0 Å². The summed E-state index contributed by atoms with van der Waals surface area (Å²) in [5, 5.41) is 7.46. The van der Waals surface area contributed by atoms with Gasteiger partial charge >= 0.3 is 0 Å². The molecule has 0 spiro atoms. The van der Waals surface area contributed by atoms with E-state index in [1.54, 1.807) is 18.2 Å². The Morgan fingerprint density at radius 3 is 2.24 bits per heavy atom. The Morgan fingerprint density at radius 2 is 1.65 bits per heavy atom. The highest BCUT2D eigenvalue weighted by atomic mass is 35.5. The number of hydrogen-bond donors (Lipinski definition) is 2. The molecule has 2 N–H and O–H groups in total. The number of aldehydes is 1. The van der Waals surface area contributed by atoms with E-state index in [0.717, 1.165) is 29.6 Å². The number of carbonyl (C=O) groups is 1. The average molecular weight is 514 g/mol. The molecule has 0 amide bonds. The Hall–Kier alpha value is -2.97. The van der Waals surface area contributed by atoms with Gasteiger partial charge in [0.15, 0.2) is 16.1 Å². The van der Waals surface area contributed by atoms with Crippen molar-refractivity contribution in [2.24, 2.45) is 0 Å². The number of pyridine rings is 1. The van der Waals surface area contributed by atoms with Gasteiger partial charge in [0.25, 0.3) is 0 Å². The number of anilines is 2. The minimum Gasteiger partial charge on any atom is -0.354 e. The molecular formula is C25H21Cl2N3O3S. The molecule has 0 aliphatic rings. The van der Waals surface area contributed by atoms with Gasteiger partial charge in [0.1, 0.15) is 4.90 Å². The third-order valence-electron chi connectivity index (χ3n) is 5.37. The summed E-state index contributed by atoms with van der Waals surface area (Å²) in [4.78, 5) is 15.7. The third kappa shape index (κ3) is 4.93. The number of fused-ring (bicyclic) bond motifs is 1. The second-order valence-electron chi connectivity index (χ2n) is 7.83. The monoisotopic (exact) mass is 513 g/mol. The van der Waals surface area contributed by atoms with Crippen LogP contribution in [0, 0.1) is 0 Å². The van der Waals surface area contributed by atoms with Crippen LogP contribution in [0.2, 0.25) is 10.0 Å². The predicted molar refractivity (Wildman–Crippen MR) is 138 cm³/mol. The van der Waals surface area contributed by atoms with Gasteiger partial charge in [0.2, 0.25) is 0 Å². The number of aromatic nitrogens is 1. The van der Waals surface area contributed by atoms with Crippen molar-refractivity contribution in [1.82, 2.24) is 10.3 Å². The van der Waals surface area contributed by atoms with Crippen LogP contribution in [0.5, 0.6) is 0 Å². The molecule has 0 unspecified atom stereocenters. The van der Waals surface area contributed by atoms with E-state index in [9.17, 15) is 13.2 Å². The van der Waals surface area contributed by atoms with Crippen LogP contribution in [0.15, 0.2) is 65.7 Å². The summed E-state index contributed by atoms with van der Waals surface area (Å²) in [6.45, 7) is 0.727. The topological polar surface area (TPSA) is 88.2 Å². The zero-order chi connectivity index (χ0) is 24.5. The van der Waals surface area contributed by atoms with Gasteiger partial charge in [0, 0.05) is 30.1 Å². The average Bonchev–Trinajstić information content (AvgIpc) is 2.79. The fourth-order valence-corrected chi connectivity index (χ4v) is 5.03. The predicted octanol–water partition coefficient (Wildman–Crippen LogP) is 5.89. The van der Waals surface area contributed by atoms with Crippen LogP contribution in [0.3, 0.4) is 0 Å². The van der Waals surface area contributed by atoms with Crippen LogP contribution in [-0.4, -0.2) is 33.0 Å². The zero-order valence-corrected chi connectivity index (χ0v) is 20.7. The largest absolute Gasteiger partial charge is 0.354 e. The maximum Gasteiger partial charge on any atom is 0.179 e. The Labute approximate surface area is 207 Å². The minimum atomic E-state index is -3.58. The van der Waals surface area contributed by atoms with Gasteiger partial charge < -0.3 is 10.6 Å². The number of rotatable bonds is 7. The SMILES string of the molecule is CNCc1ccc(Nc2c(S(C)(=O)=O)cnc3ccc(-c4cc(Cl)c(C=O)c(Cl)c4)cc23)cc1. The number of nitrogens with zero attached hydrogens (tertiary/aromatic N) is 1. The number of hydrogen-bond acceptors (Lipinski definition) is 6. The first kappa shape index (κ1) is 24.2. The number of carbonyl (C=O) groups excluding carboxylic acids is 1. The van der Waals surface area contributed by atoms with Crippen LogP contribution in [-0.2, 0) is 16.4 Å². The first-order valence-electron chi connectivity index (χ1n) is 10.3. The molecule has 6 nitrogen and oxygen atoms in total. The molecule has 0 aliphatic carbocycles. The van der Waals surface area contributed by atoms with E-state index in [-0.39, 0.29) is 20.5 Å². The first-order valence-corrected chi connectivity index (χ1v) is 12.9. The molecule has 4 aromatic rings. The van der Waals surface area contributed by atoms with E-state index in [4.69, 9.17) is 23.2 Å². The number of halogens is 2. The van der Waals surface area contributed by atoms with E-state index in [1.807, 2.05) is 43.4 Å². The van der Waals surface area contributed by atoms with E-state index in [2.05, 4.69) is 15.6 Å². The van der Waals surface area contributed by atoms with Crippen LogP contribution in [0.25, 0.3) is 22.0 Å². The molecule has 0 bridgehead atoms. The van der Waals surface area contributed by atoms with E-state index in [1.165, 1.54) is 6.20 Å². The van der Waals surface area contributed by atoms with Crippen molar-refractivity contribution in [2.75, 3.05) is 18.6 Å². The van der Waals surface area contributed by atoms with Crippen LogP contribution >= 0.6 is 23.2 Å². The normalized spacial score (nSPS) is 11.5. The Morgan fingerprint density at radius 1 is 0.971 bits per heavy atom. The summed E-state index contributed by atoms with van der Waals surface area (Å²) in [7, 11) is -1.70. The molecule has 3 aromatic carbocycles. The molecule has 1 aromatic heterocycles. The zero-order valence-electron chi connectivity index (χ0n) is 18.4. The van der Waals surface area contributed by atoms with Crippen molar-refractivity contribution in [3.05, 3.63) is 82.0 Å². The summed E-state index contributed by atoms with van der Waals surface area (Å²) in [5.41, 5.74) is 4.54. The summed E-state index contributed by atoms with van der Waals surface area (Å²) in [6.07, 6.45) is 3.13. The fourth-order valence-electron chi connectivity index (χ4n) is 3.68. The van der Waals surface area contributed by atoms with Gasteiger partial charge in [-0.15, -0.1) is 0 Å². The standard InChI is InChI=1S/C25H21Cl2N3O3S/c1-28-12-15-3-6-18(7-4-15)30-25-19-9-16(17-10-21(26)20(14-31)22(27)11-17)5-8-23(19)29-13-24(25)34(2,32)33/h3-11,13-14,28H,12H2,1-2H3,(H,29,30). The van der Waals surface area contributed by atoms with Crippen LogP contribution < -0.4 is 10.6 Å². The fraction of sp³-hybridized carbons (Fsp3) is 0.120. The van der Waals surface area contributed by atoms with Gasteiger partial charge in [-0.3, -0.25) is 9.78 Å². The molecule has 174 valence electrons. The lowest BCUT2D eigenvalue weighted by Gasteiger charge is -2.15. The highest BCUT2D eigenvalue weighted by molar-refractivity contribution is 7.90.